The maximum absolute atomic E-state index is 12.4. The molecule has 1 amide bonds. The number of carbonyl (C=O) groups excluding carboxylic acids is 1. The summed E-state index contributed by atoms with van der Waals surface area (Å²) in [6.07, 6.45) is 7.13. The smallest absolute Gasteiger partial charge is 0.225 e. The summed E-state index contributed by atoms with van der Waals surface area (Å²) in [7, 11) is 1.75. The minimum atomic E-state index is 0.328. The van der Waals surface area contributed by atoms with Crippen molar-refractivity contribution in [2.45, 2.75) is 38.5 Å². The van der Waals surface area contributed by atoms with Gasteiger partial charge in [-0.05, 0) is 19.3 Å². The minimum Gasteiger partial charge on any atom is -0.385 e. The topological polar surface area (TPSA) is 32.8 Å². The average molecular weight is 268 g/mol. The summed E-state index contributed by atoms with van der Waals surface area (Å²) in [6.45, 7) is 5.83. The molecule has 110 valence electrons. The summed E-state index contributed by atoms with van der Waals surface area (Å²) in [5.41, 5.74) is 0. The van der Waals surface area contributed by atoms with Crippen molar-refractivity contribution in [2.75, 3.05) is 46.4 Å². The molecule has 0 bridgehead atoms. The Morgan fingerprint density at radius 2 is 1.79 bits per heavy atom. The first-order chi connectivity index (χ1) is 9.31. The number of hydrogen-bond acceptors (Lipinski definition) is 3. The highest BCUT2D eigenvalue weighted by Gasteiger charge is 2.28. The van der Waals surface area contributed by atoms with E-state index in [-0.39, 0.29) is 0 Å². The highest BCUT2D eigenvalue weighted by Crippen LogP contribution is 2.25. The van der Waals surface area contributed by atoms with Crippen LogP contribution in [0.1, 0.15) is 38.5 Å². The maximum atomic E-state index is 12.4. The molecule has 2 rings (SSSR count). The molecule has 1 saturated heterocycles. The largest absolute Gasteiger partial charge is 0.385 e. The quantitative estimate of drug-likeness (QED) is 0.712. The van der Waals surface area contributed by atoms with Crippen LogP contribution < -0.4 is 0 Å². The lowest BCUT2D eigenvalue weighted by atomic mass is 9.88. The van der Waals surface area contributed by atoms with Crippen molar-refractivity contribution < 1.29 is 9.53 Å². The molecule has 0 radical (unpaired) electrons. The van der Waals surface area contributed by atoms with E-state index in [2.05, 4.69) is 9.80 Å². The molecule has 0 atom stereocenters. The van der Waals surface area contributed by atoms with Gasteiger partial charge in [-0.25, -0.2) is 0 Å². The van der Waals surface area contributed by atoms with Gasteiger partial charge in [0.15, 0.2) is 0 Å². The molecule has 1 saturated carbocycles. The summed E-state index contributed by atoms with van der Waals surface area (Å²) in [4.78, 5) is 17.0. The summed E-state index contributed by atoms with van der Waals surface area (Å²) < 4.78 is 5.08. The Hall–Kier alpha value is -0.610. The second-order valence-electron chi connectivity index (χ2n) is 5.85. The predicted molar refractivity (Wildman–Crippen MR) is 76.1 cm³/mol. The van der Waals surface area contributed by atoms with Crippen molar-refractivity contribution in [3.05, 3.63) is 0 Å². The van der Waals surface area contributed by atoms with Gasteiger partial charge in [0.05, 0.1) is 0 Å². The zero-order valence-electron chi connectivity index (χ0n) is 12.3. The summed E-state index contributed by atoms with van der Waals surface area (Å²) in [6, 6.07) is 0. The van der Waals surface area contributed by atoms with E-state index in [1.54, 1.807) is 7.11 Å². The number of piperazine rings is 1. The Balaban J connectivity index is 1.68. The van der Waals surface area contributed by atoms with Crippen LogP contribution in [0.4, 0.5) is 0 Å². The van der Waals surface area contributed by atoms with Crippen molar-refractivity contribution in [3.8, 4) is 0 Å². The predicted octanol–water partition coefficient (Wildman–Crippen LogP) is 1.75. The lowest BCUT2D eigenvalue weighted by molar-refractivity contribution is -0.138. The molecule has 2 fully saturated rings. The zero-order chi connectivity index (χ0) is 13.5. The Morgan fingerprint density at radius 1 is 1.11 bits per heavy atom. The molecule has 1 aliphatic carbocycles. The van der Waals surface area contributed by atoms with Gasteiger partial charge in [-0.3, -0.25) is 9.69 Å². The van der Waals surface area contributed by atoms with Crippen LogP contribution in [0.5, 0.6) is 0 Å². The van der Waals surface area contributed by atoms with E-state index in [4.69, 9.17) is 4.74 Å². The van der Waals surface area contributed by atoms with Gasteiger partial charge in [-0.15, -0.1) is 0 Å². The first-order valence-corrected chi connectivity index (χ1v) is 7.81. The fraction of sp³-hybridized carbons (Fsp3) is 0.933. The molecule has 1 aliphatic heterocycles. The normalized spacial score (nSPS) is 22.7. The van der Waals surface area contributed by atoms with Gasteiger partial charge in [-0.1, -0.05) is 19.3 Å². The van der Waals surface area contributed by atoms with Gasteiger partial charge < -0.3 is 9.64 Å². The number of nitrogens with zero attached hydrogens (tertiary/aromatic N) is 2. The van der Waals surface area contributed by atoms with Crippen LogP contribution in [0.3, 0.4) is 0 Å². The van der Waals surface area contributed by atoms with E-state index in [1.165, 1.54) is 19.3 Å². The van der Waals surface area contributed by atoms with Gasteiger partial charge in [0.1, 0.15) is 0 Å². The monoisotopic (exact) mass is 268 g/mol. The third-order valence-corrected chi connectivity index (χ3v) is 4.46. The third kappa shape index (κ3) is 4.46. The Kier molecular flexibility index (Phi) is 6.11. The standard InChI is InChI=1S/C15H28N2O2/c1-19-13-5-8-16-9-11-17(12-10-16)15(18)14-6-3-2-4-7-14/h14H,2-13H2,1H3. The summed E-state index contributed by atoms with van der Waals surface area (Å²) in [5.74, 6) is 0.755. The van der Waals surface area contributed by atoms with E-state index >= 15 is 0 Å². The average Bonchev–Trinajstić information content (AvgIpc) is 2.48. The van der Waals surface area contributed by atoms with E-state index in [0.717, 1.165) is 58.6 Å². The van der Waals surface area contributed by atoms with Gasteiger partial charge in [0.2, 0.25) is 5.91 Å². The van der Waals surface area contributed by atoms with Crippen LogP contribution >= 0.6 is 0 Å². The van der Waals surface area contributed by atoms with Crippen LogP contribution in [-0.4, -0.2) is 62.1 Å². The van der Waals surface area contributed by atoms with E-state index in [0.29, 0.717) is 11.8 Å². The van der Waals surface area contributed by atoms with Gasteiger partial charge in [0, 0.05) is 52.4 Å². The Labute approximate surface area is 117 Å². The molecule has 0 N–H and O–H groups in total. The van der Waals surface area contributed by atoms with Gasteiger partial charge in [-0.2, -0.15) is 0 Å². The lowest BCUT2D eigenvalue weighted by Gasteiger charge is -2.37. The molecular formula is C15H28N2O2. The Morgan fingerprint density at radius 3 is 2.42 bits per heavy atom. The van der Waals surface area contributed by atoms with E-state index in [1.807, 2.05) is 0 Å². The molecule has 4 nitrogen and oxygen atoms in total. The summed E-state index contributed by atoms with van der Waals surface area (Å²) in [5, 5.41) is 0. The molecule has 19 heavy (non-hydrogen) atoms. The molecule has 0 aromatic carbocycles. The van der Waals surface area contributed by atoms with Gasteiger partial charge >= 0.3 is 0 Å². The second kappa shape index (κ2) is 7.85. The lowest BCUT2D eigenvalue weighted by Crippen LogP contribution is -2.50. The van der Waals surface area contributed by atoms with Crippen molar-refractivity contribution in [1.29, 1.82) is 0 Å². The highest BCUT2D eigenvalue weighted by atomic mass is 16.5. The zero-order valence-corrected chi connectivity index (χ0v) is 12.3. The fourth-order valence-electron chi connectivity index (χ4n) is 3.23. The number of ether oxygens (including phenoxy) is 1. The van der Waals surface area contributed by atoms with Crippen molar-refractivity contribution in [3.63, 3.8) is 0 Å². The Bertz CT molecular complexity index is 269. The number of carbonyl (C=O) groups is 1. The SMILES string of the molecule is COCCCN1CCN(C(=O)C2CCCCC2)CC1. The van der Waals surface area contributed by atoms with E-state index < -0.39 is 0 Å². The van der Waals surface area contributed by atoms with Crippen molar-refractivity contribution in [1.82, 2.24) is 9.80 Å². The third-order valence-electron chi connectivity index (χ3n) is 4.46. The molecule has 4 heteroatoms. The van der Waals surface area contributed by atoms with Crippen molar-refractivity contribution in [2.24, 2.45) is 5.92 Å². The van der Waals surface area contributed by atoms with Crippen LogP contribution in [0.15, 0.2) is 0 Å². The molecule has 0 aromatic rings. The number of rotatable bonds is 5. The number of amides is 1. The molecular weight excluding hydrogens is 240 g/mol. The molecule has 0 unspecified atom stereocenters. The van der Waals surface area contributed by atoms with Crippen LogP contribution in [-0.2, 0) is 9.53 Å². The van der Waals surface area contributed by atoms with Crippen LogP contribution in [0, 0.1) is 5.92 Å². The highest BCUT2D eigenvalue weighted by molar-refractivity contribution is 5.79. The molecule has 0 spiro atoms. The number of hydrogen-bond donors (Lipinski definition) is 0. The van der Waals surface area contributed by atoms with Crippen LogP contribution in [0.25, 0.3) is 0 Å². The van der Waals surface area contributed by atoms with E-state index in [9.17, 15) is 4.79 Å². The second-order valence-corrected chi connectivity index (χ2v) is 5.85. The number of methoxy groups -OCH3 is 1. The fourth-order valence-corrected chi connectivity index (χ4v) is 3.23. The first kappa shape index (κ1) is 14.8. The minimum absolute atomic E-state index is 0.328. The first-order valence-electron chi connectivity index (χ1n) is 7.81. The summed E-state index contributed by atoms with van der Waals surface area (Å²) >= 11 is 0. The molecule has 0 aromatic heterocycles. The van der Waals surface area contributed by atoms with Crippen molar-refractivity contribution >= 4 is 5.91 Å². The molecule has 1 heterocycles. The van der Waals surface area contributed by atoms with Gasteiger partial charge in [0.25, 0.3) is 0 Å². The maximum Gasteiger partial charge on any atom is 0.225 e. The van der Waals surface area contributed by atoms with Crippen LogP contribution in [0.2, 0.25) is 0 Å². The molecule has 2 aliphatic rings.